The molecule has 0 radical (unpaired) electrons. The fourth-order valence-corrected chi connectivity index (χ4v) is 3.50. The average molecular weight is 495 g/mol. The van der Waals surface area contributed by atoms with Crippen LogP contribution in [0.15, 0.2) is 0 Å². The van der Waals surface area contributed by atoms with E-state index in [4.69, 9.17) is 15.6 Å². The van der Waals surface area contributed by atoms with Crippen molar-refractivity contribution in [2.75, 3.05) is 6.61 Å². The van der Waals surface area contributed by atoms with Crippen molar-refractivity contribution in [3.8, 4) is 0 Å². The number of ether oxygens (including phenoxy) is 1. The van der Waals surface area contributed by atoms with Crippen molar-refractivity contribution in [3.05, 3.63) is 0 Å². The molecule has 0 aromatic rings. The predicted molar refractivity (Wildman–Crippen MR) is 138 cm³/mol. The lowest BCUT2D eigenvalue weighted by atomic mass is 9.95. The highest BCUT2D eigenvalue weighted by Crippen LogP contribution is 2.16. The summed E-state index contributed by atoms with van der Waals surface area (Å²) in [5.74, 6) is -0.998. The fourth-order valence-electron chi connectivity index (χ4n) is 3.50. The van der Waals surface area contributed by atoms with Gasteiger partial charge in [-0.05, 0) is 31.6 Å². The normalized spacial score (nSPS) is 13.9. The summed E-state index contributed by atoms with van der Waals surface area (Å²) in [7, 11) is 0. The molecule has 0 aliphatic heterocycles. The number of hydrogen-bond acceptors (Lipinski definition) is 5. The Morgan fingerprint density at radius 3 is 1.73 bits per heavy atom. The third-order valence-electron chi connectivity index (χ3n) is 5.78. The van der Waals surface area contributed by atoms with Crippen LogP contribution in [-0.2, 0) is 19.1 Å². The van der Waals surface area contributed by atoms with E-state index in [-0.39, 0.29) is 30.2 Å². The van der Waals surface area contributed by atoms with Gasteiger partial charge in [-0.3, -0.25) is 9.59 Å². The highest BCUT2D eigenvalue weighted by atomic mass is 35.5. The number of carboxylic acids is 1. The van der Waals surface area contributed by atoms with Crippen LogP contribution in [0.5, 0.6) is 0 Å². The molecule has 0 aromatic carbocycles. The average Bonchev–Trinajstić information content (AvgIpc) is 2.76. The number of carboxylic acid groups (broad SMARTS) is 1. The number of carbonyl (C=O) groups excluding carboxylic acids is 2. The van der Waals surface area contributed by atoms with Crippen LogP contribution < -0.4 is 11.1 Å². The summed E-state index contributed by atoms with van der Waals surface area (Å²) in [4.78, 5) is 32.7. The molecule has 4 unspecified atom stereocenters. The molecule has 0 saturated heterocycles. The molecule has 7 nitrogen and oxygen atoms in total. The minimum absolute atomic E-state index is 0. The zero-order valence-electron chi connectivity index (χ0n) is 21.6. The van der Waals surface area contributed by atoms with Crippen LogP contribution in [0.25, 0.3) is 0 Å². The first-order valence-electron chi connectivity index (χ1n) is 12.6. The lowest BCUT2D eigenvalue weighted by molar-refractivity contribution is -0.148. The van der Waals surface area contributed by atoms with Crippen LogP contribution >= 0.6 is 12.4 Å². The van der Waals surface area contributed by atoms with Crippen LogP contribution in [0.3, 0.4) is 0 Å². The van der Waals surface area contributed by atoms with Crippen LogP contribution in [0.1, 0.15) is 112 Å². The number of hydrogen-bond donors (Lipinski definition) is 3. The quantitative estimate of drug-likeness (QED) is 0.124. The van der Waals surface area contributed by atoms with Gasteiger partial charge in [0, 0.05) is 0 Å². The second kappa shape index (κ2) is 25.3. The standard InChI is InChI=1S/C14H27NO3.C11H23NO2.ClH/c1-4-6-7-8-9-10-12(3)13(15-11-16)14(17)18-5-2;1-3-4-5-6-7-8-9(2)10(12)11(13)14;/h11-13H,4-10H2,1-3H3,(H,15,16);9-10H,3-8,12H2,1-2H3,(H,13,14);1H. The molecule has 0 rings (SSSR count). The first-order valence-corrected chi connectivity index (χ1v) is 12.6. The van der Waals surface area contributed by atoms with Gasteiger partial charge in [-0.25, -0.2) is 4.79 Å². The maximum atomic E-state index is 11.7. The van der Waals surface area contributed by atoms with Gasteiger partial charge in [-0.1, -0.05) is 91.9 Å². The van der Waals surface area contributed by atoms with Crippen molar-refractivity contribution in [3.63, 3.8) is 0 Å². The fraction of sp³-hybridized carbons (Fsp3) is 0.880. The lowest BCUT2D eigenvalue weighted by Crippen LogP contribution is -2.42. The Hall–Kier alpha value is -1.34. The molecule has 0 saturated carbocycles. The van der Waals surface area contributed by atoms with E-state index in [1.807, 2.05) is 13.8 Å². The number of carbonyl (C=O) groups is 3. The number of rotatable bonds is 19. The maximum Gasteiger partial charge on any atom is 0.328 e. The summed E-state index contributed by atoms with van der Waals surface area (Å²) in [6.07, 6.45) is 14.5. The molecule has 4 N–H and O–H groups in total. The lowest BCUT2D eigenvalue weighted by Gasteiger charge is -2.21. The van der Waals surface area contributed by atoms with E-state index in [0.717, 1.165) is 25.7 Å². The molecule has 0 fully saturated rings. The number of nitrogens with two attached hydrogens (primary N) is 1. The topological polar surface area (TPSA) is 119 Å². The van der Waals surface area contributed by atoms with Crippen molar-refractivity contribution >= 4 is 30.8 Å². The molecule has 0 aliphatic carbocycles. The molecule has 8 heteroatoms. The van der Waals surface area contributed by atoms with E-state index in [0.29, 0.717) is 13.0 Å². The Morgan fingerprint density at radius 2 is 1.33 bits per heavy atom. The summed E-state index contributed by atoms with van der Waals surface area (Å²) in [6.45, 7) is 10.4. The van der Waals surface area contributed by atoms with Crippen molar-refractivity contribution in [2.45, 2.75) is 124 Å². The molecule has 33 heavy (non-hydrogen) atoms. The smallest absolute Gasteiger partial charge is 0.328 e. The molecule has 0 spiro atoms. The van der Waals surface area contributed by atoms with Gasteiger partial charge in [-0.2, -0.15) is 0 Å². The monoisotopic (exact) mass is 494 g/mol. The highest BCUT2D eigenvalue weighted by Gasteiger charge is 2.25. The molecular weight excluding hydrogens is 444 g/mol. The van der Waals surface area contributed by atoms with Crippen molar-refractivity contribution < 1.29 is 24.2 Å². The third-order valence-corrected chi connectivity index (χ3v) is 5.78. The largest absolute Gasteiger partial charge is 0.480 e. The zero-order valence-corrected chi connectivity index (χ0v) is 22.5. The molecule has 198 valence electrons. The second-order valence-electron chi connectivity index (χ2n) is 8.74. The van der Waals surface area contributed by atoms with Gasteiger partial charge >= 0.3 is 11.9 Å². The highest BCUT2D eigenvalue weighted by molar-refractivity contribution is 5.85. The number of amides is 1. The van der Waals surface area contributed by atoms with Gasteiger partial charge in [0.05, 0.1) is 6.61 Å². The first kappa shape index (κ1) is 36.2. The van der Waals surface area contributed by atoms with E-state index >= 15 is 0 Å². The molecular formula is C25H51ClN2O5. The SMILES string of the molecule is CCCCCCCC(C)C(N)C(=O)O.CCCCCCCC(C)C(NC=O)C(=O)OCC.Cl. The molecule has 0 heterocycles. The number of aliphatic carboxylic acids is 1. The van der Waals surface area contributed by atoms with E-state index in [1.54, 1.807) is 6.92 Å². The zero-order chi connectivity index (χ0) is 24.8. The molecule has 0 aliphatic rings. The summed E-state index contributed by atoms with van der Waals surface area (Å²) in [5.41, 5.74) is 5.50. The van der Waals surface area contributed by atoms with E-state index in [9.17, 15) is 14.4 Å². The van der Waals surface area contributed by atoms with Gasteiger partial charge in [-0.15, -0.1) is 12.4 Å². The molecule has 0 bridgehead atoms. The van der Waals surface area contributed by atoms with Gasteiger partial charge < -0.3 is 20.9 Å². The van der Waals surface area contributed by atoms with Gasteiger partial charge in [0.15, 0.2) is 0 Å². The second-order valence-corrected chi connectivity index (χ2v) is 8.74. The van der Waals surface area contributed by atoms with Gasteiger partial charge in [0.1, 0.15) is 12.1 Å². The summed E-state index contributed by atoms with van der Waals surface area (Å²) in [5, 5.41) is 11.2. The Kier molecular flexibility index (Phi) is 27.8. The van der Waals surface area contributed by atoms with Crippen molar-refractivity contribution in [1.82, 2.24) is 5.32 Å². The Labute approximate surface area is 208 Å². The van der Waals surface area contributed by atoms with Crippen molar-refractivity contribution in [2.24, 2.45) is 17.6 Å². The first-order chi connectivity index (χ1) is 15.3. The van der Waals surface area contributed by atoms with Crippen LogP contribution in [0.2, 0.25) is 0 Å². The Balaban J connectivity index is -0.000000545. The van der Waals surface area contributed by atoms with E-state index in [1.165, 1.54) is 51.4 Å². The maximum absolute atomic E-state index is 11.7. The van der Waals surface area contributed by atoms with Crippen LogP contribution in [0, 0.1) is 11.8 Å². The number of nitrogens with one attached hydrogen (secondary N) is 1. The molecule has 4 atom stereocenters. The molecule has 1 amide bonds. The van der Waals surface area contributed by atoms with Crippen LogP contribution in [-0.4, -0.2) is 42.1 Å². The van der Waals surface area contributed by atoms with E-state index < -0.39 is 18.1 Å². The van der Waals surface area contributed by atoms with Crippen molar-refractivity contribution in [1.29, 1.82) is 0 Å². The number of halogens is 1. The minimum Gasteiger partial charge on any atom is -0.480 e. The Bertz CT molecular complexity index is 480. The van der Waals surface area contributed by atoms with E-state index in [2.05, 4.69) is 19.2 Å². The minimum atomic E-state index is -0.883. The van der Waals surface area contributed by atoms with Gasteiger partial charge in [0.25, 0.3) is 0 Å². The van der Waals surface area contributed by atoms with Gasteiger partial charge in [0.2, 0.25) is 6.41 Å². The van der Waals surface area contributed by atoms with Crippen LogP contribution in [0.4, 0.5) is 0 Å². The third kappa shape index (κ3) is 21.0. The summed E-state index contributed by atoms with van der Waals surface area (Å²) >= 11 is 0. The number of esters is 1. The number of unbranched alkanes of at least 4 members (excludes halogenated alkanes) is 8. The Morgan fingerprint density at radius 1 is 0.879 bits per heavy atom. The molecule has 0 aromatic heterocycles. The summed E-state index contributed by atoms with van der Waals surface area (Å²) in [6, 6.07) is -1.20. The summed E-state index contributed by atoms with van der Waals surface area (Å²) < 4.78 is 4.96. The predicted octanol–water partition coefficient (Wildman–Crippen LogP) is 5.48.